The molecule has 1 atom stereocenters. The number of hydrogen-bond donors (Lipinski definition) is 1. The van der Waals surface area contributed by atoms with E-state index >= 15 is 0 Å². The second kappa shape index (κ2) is 6.68. The van der Waals surface area contributed by atoms with Gasteiger partial charge in [-0.25, -0.2) is 0 Å². The average molecular weight is 387 g/mol. The number of hydrogen-bond acceptors (Lipinski definition) is 2. The summed E-state index contributed by atoms with van der Waals surface area (Å²) in [7, 11) is 1.97. The van der Waals surface area contributed by atoms with Crippen LogP contribution < -0.4 is 5.32 Å². The molecular weight excluding hydrogens is 370 g/mol. The summed E-state index contributed by atoms with van der Waals surface area (Å²) in [5.74, 6) is 0. The maximum absolute atomic E-state index is 4.40. The topological polar surface area (TPSA) is 29.9 Å². The molecule has 1 heterocycles. The van der Waals surface area contributed by atoms with E-state index in [-0.39, 0.29) is 6.04 Å². The van der Waals surface area contributed by atoms with Gasteiger partial charge in [0.25, 0.3) is 0 Å². The number of rotatable bonds is 5. The molecule has 0 aliphatic heterocycles. The Hall–Kier alpha value is -0.650. The SMILES string of the molecule is CCCn1nccc1C(NC)c1ccc(Br)cc1Br. The van der Waals surface area contributed by atoms with Gasteiger partial charge in [-0.05, 0) is 37.2 Å². The van der Waals surface area contributed by atoms with Crippen LogP contribution in [0.15, 0.2) is 39.4 Å². The van der Waals surface area contributed by atoms with E-state index < -0.39 is 0 Å². The van der Waals surface area contributed by atoms with Crippen LogP contribution in [0.3, 0.4) is 0 Å². The van der Waals surface area contributed by atoms with E-state index in [2.05, 4.69) is 78.1 Å². The Kier molecular flexibility index (Phi) is 5.19. The monoisotopic (exact) mass is 385 g/mol. The van der Waals surface area contributed by atoms with Gasteiger partial charge >= 0.3 is 0 Å². The minimum atomic E-state index is 0.136. The molecule has 1 aromatic carbocycles. The number of nitrogens with zero attached hydrogens (tertiary/aromatic N) is 2. The van der Waals surface area contributed by atoms with E-state index in [1.807, 2.05) is 13.2 Å². The van der Waals surface area contributed by atoms with Crippen molar-refractivity contribution in [3.8, 4) is 0 Å². The summed E-state index contributed by atoms with van der Waals surface area (Å²) >= 11 is 7.13. The molecule has 5 heteroatoms. The maximum atomic E-state index is 4.40. The van der Waals surface area contributed by atoms with Crippen molar-refractivity contribution in [1.29, 1.82) is 0 Å². The van der Waals surface area contributed by atoms with Crippen molar-refractivity contribution in [3.63, 3.8) is 0 Å². The molecule has 102 valence electrons. The van der Waals surface area contributed by atoms with Crippen LogP contribution in [0.2, 0.25) is 0 Å². The Morgan fingerprint density at radius 3 is 2.74 bits per heavy atom. The van der Waals surface area contributed by atoms with Gasteiger partial charge in [0, 0.05) is 21.7 Å². The number of nitrogens with one attached hydrogen (secondary N) is 1. The fourth-order valence-corrected chi connectivity index (χ4v) is 3.46. The first-order valence-electron chi connectivity index (χ1n) is 6.31. The molecule has 0 aliphatic rings. The molecule has 0 saturated heterocycles. The second-order valence-electron chi connectivity index (χ2n) is 4.37. The molecule has 0 fully saturated rings. The van der Waals surface area contributed by atoms with E-state index in [9.17, 15) is 0 Å². The molecule has 0 amide bonds. The van der Waals surface area contributed by atoms with Crippen LogP contribution >= 0.6 is 31.9 Å². The molecule has 0 aliphatic carbocycles. The third-order valence-corrected chi connectivity index (χ3v) is 4.22. The Balaban J connectivity index is 2.41. The molecule has 1 unspecified atom stereocenters. The summed E-state index contributed by atoms with van der Waals surface area (Å²) in [4.78, 5) is 0. The number of aromatic nitrogens is 2. The van der Waals surface area contributed by atoms with Crippen molar-refractivity contribution >= 4 is 31.9 Å². The Morgan fingerprint density at radius 1 is 1.32 bits per heavy atom. The molecule has 0 saturated carbocycles. The molecule has 1 N–H and O–H groups in total. The predicted molar refractivity (Wildman–Crippen MR) is 85.3 cm³/mol. The highest BCUT2D eigenvalue weighted by atomic mass is 79.9. The standard InChI is InChI=1S/C14H17Br2N3/c1-3-8-19-13(6-7-18-19)14(17-2)11-5-4-10(15)9-12(11)16/h4-7,9,14,17H,3,8H2,1-2H3. The van der Waals surface area contributed by atoms with Crippen LogP contribution in [0.5, 0.6) is 0 Å². The highest BCUT2D eigenvalue weighted by Crippen LogP contribution is 2.30. The third-order valence-electron chi connectivity index (χ3n) is 3.04. The van der Waals surface area contributed by atoms with Crippen LogP contribution in [-0.2, 0) is 6.54 Å². The normalized spacial score (nSPS) is 12.6. The van der Waals surface area contributed by atoms with Crippen molar-refractivity contribution in [3.05, 3.63) is 50.7 Å². The minimum Gasteiger partial charge on any atom is -0.308 e. The molecular formula is C14H17Br2N3. The van der Waals surface area contributed by atoms with Gasteiger partial charge in [0.2, 0.25) is 0 Å². The van der Waals surface area contributed by atoms with Gasteiger partial charge < -0.3 is 5.32 Å². The lowest BCUT2D eigenvalue weighted by atomic mass is 10.0. The summed E-state index contributed by atoms with van der Waals surface area (Å²) in [5.41, 5.74) is 2.40. The van der Waals surface area contributed by atoms with Gasteiger partial charge in [0.15, 0.2) is 0 Å². The first-order chi connectivity index (χ1) is 9.17. The van der Waals surface area contributed by atoms with Crippen LogP contribution in [0.25, 0.3) is 0 Å². The number of aryl methyl sites for hydroxylation is 1. The van der Waals surface area contributed by atoms with Crippen LogP contribution in [0, 0.1) is 0 Å². The van der Waals surface area contributed by atoms with Crippen LogP contribution in [0.4, 0.5) is 0 Å². The number of halogens is 2. The van der Waals surface area contributed by atoms with Gasteiger partial charge in [0.1, 0.15) is 0 Å². The van der Waals surface area contributed by atoms with Crippen molar-refractivity contribution < 1.29 is 0 Å². The van der Waals surface area contributed by atoms with E-state index in [0.717, 1.165) is 21.9 Å². The third kappa shape index (κ3) is 3.27. The zero-order valence-corrected chi connectivity index (χ0v) is 14.2. The van der Waals surface area contributed by atoms with Crippen molar-refractivity contribution in [2.24, 2.45) is 0 Å². The molecule has 0 bridgehead atoms. The van der Waals surface area contributed by atoms with Gasteiger partial charge in [-0.3, -0.25) is 4.68 Å². The lowest BCUT2D eigenvalue weighted by molar-refractivity contribution is 0.534. The lowest BCUT2D eigenvalue weighted by Crippen LogP contribution is -2.22. The lowest BCUT2D eigenvalue weighted by Gasteiger charge is -2.20. The van der Waals surface area contributed by atoms with Crippen LogP contribution in [0.1, 0.15) is 30.6 Å². The largest absolute Gasteiger partial charge is 0.308 e. The van der Waals surface area contributed by atoms with Gasteiger partial charge in [-0.1, -0.05) is 44.8 Å². The molecule has 2 aromatic rings. The van der Waals surface area contributed by atoms with Crippen molar-refractivity contribution in [2.75, 3.05) is 7.05 Å². The first kappa shape index (κ1) is 14.8. The molecule has 2 rings (SSSR count). The molecule has 0 radical (unpaired) electrons. The Bertz CT molecular complexity index is 551. The quantitative estimate of drug-likeness (QED) is 0.837. The highest BCUT2D eigenvalue weighted by Gasteiger charge is 2.18. The second-order valence-corrected chi connectivity index (χ2v) is 6.14. The average Bonchev–Trinajstić information content (AvgIpc) is 2.82. The summed E-state index contributed by atoms with van der Waals surface area (Å²) in [6.07, 6.45) is 2.94. The van der Waals surface area contributed by atoms with E-state index in [1.165, 1.54) is 11.3 Å². The zero-order valence-electron chi connectivity index (χ0n) is 11.0. The summed E-state index contributed by atoms with van der Waals surface area (Å²) in [5, 5.41) is 7.77. The van der Waals surface area contributed by atoms with E-state index in [4.69, 9.17) is 0 Å². The Labute approximate surface area is 130 Å². The molecule has 1 aromatic heterocycles. The summed E-state index contributed by atoms with van der Waals surface area (Å²) < 4.78 is 4.22. The zero-order chi connectivity index (χ0) is 13.8. The molecule has 19 heavy (non-hydrogen) atoms. The smallest absolute Gasteiger partial charge is 0.0756 e. The van der Waals surface area contributed by atoms with E-state index in [1.54, 1.807) is 0 Å². The minimum absolute atomic E-state index is 0.136. The van der Waals surface area contributed by atoms with Crippen molar-refractivity contribution in [2.45, 2.75) is 25.9 Å². The molecule has 0 spiro atoms. The highest BCUT2D eigenvalue weighted by molar-refractivity contribution is 9.11. The fraction of sp³-hybridized carbons (Fsp3) is 0.357. The van der Waals surface area contributed by atoms with E-state index in [0.29, 0.717) is 0 Å². The molecule has 3 nitrogen and oxygen atoms in total. The maximum Gasteiger partial charge on any atom is 0.0756 e. The fourth-order valence-electron chi connectivity index (χ4n) is 2.19. The van der Waals surface area contributed by atoms with Crippen LogP contribution in [-0.4, -0.2) is 16.8 Å². The summed E-state index contributed by atoms with van der Waals surface area (Å²) in [6, 6.07) is 8.46. The Morgan fingerprint density at radius 2 is 2.11 bits per heavy atom. The van der Waals surface area contributed by atoms with Gasteiger partial charge in [-0.2, -0.15) is 5.10 Å². The van der Waals surface area contributed by atoms with Crippen molar-refractivity contribution in [1.82, 2.24) is 15.1 Å². The number of benzene rings is 1. The van der Waals surface area contributed by atoms with Gasteiger partial charge in [-0.15, -0.1) is 0 Å². The summed E-state index contributed by atoms with van der Waals surface area (Å²) in [6.45, 7) is 3.10. The van der Waals surface area contributed by atoms with Gasteiger partial charge in [0.05, 0.1) is 11.7 Å². The predicted octanol–water partition coefficient (Wildman–Crippen LogP) is 4.13. The first-order valence-corrected chi connectivity index (χ1v) is 7.90.